The topological polar surface area (TPSA) is 46.3 Å². The van der Waals surface area contributed by atoms with Crippen molar-refractivity contribution >= 4 is 22.5 Å². The number of ether oxygens (including phenoxy) is 2. The second-order valence-corrected chi connectivity index (χ2v) is 6.41. The van der Waals surface area contributed by atoms with E-state index in [-0.39, 0.29) is 0 Å². The Labute approximate surface area is 136 Å². The molecule has 0 bridgehead atoms. The molecule has 4 nitrogen and oxygen atoms in total. The van der Waals surface area contributed by atoms with E-state index in [0.717, 1.165) is 29.9 Å². The van der Waals surface area contributed by atoms with Crippen LogP contribution in [0.4, 0.5) is 0 Å². The molecule has 1 aromatic carbocycles. The van der Waals surface area contributed by atoms with Gasteiger partial charge in [-0.25, -0.2) is 0 Å². The molecule has 1 aliphatic rings. The Balaban J connectivity index is 1.89. The number of H-pyrrole nitrogens is 1. The Kier molecular flexibility index (Phi) is 5.03. The number of rotatable bonds is 6. The highest BCUT2D eigenvalue weighted by Gasteiger charge is 2.26. The van der Waals surface area contributed by atoms with Crippen molar-refractivity contribution in [3.05, 3.63) is 34.5 Å². The molecule has 120 valence electrons. The average Bonchev–Trinajstić information content (AvgIpc) is 2.87. The number of aromatic amines is 1. The highest BCUT2D eigenvalue weighted by molar-refractivity contribution is 6.31. The SMILES string of the molecule is COCC(COC)C[C@@H]1NCCc2c1[nH]c1ccc(Cl)cc21. The van der Waals surface area contributed by atoms with Gasteiger partial charge in [-0.2, -0.15) is 0 Å². The molecule has 5 heteroatoms. The normalized spacial score (nSPS) is 18.1. The minimum Gasteiger partial charge on any atom is -0.384 e. The third kappa shape index (κ3) is 3.15. The van der Waals surface area contributed by atoms with E-state index in [1.165, 1.54) is 16.6 Å². The number of methoxy groups -OCH3 is 2. The summed E-state index contributed by atoms with van der Waals surface area (Å²) in [4.78, 5) is 3.58. The lowest BCUT2D eigenvalue weighted by atomic mass is 9.92. The van der Waals surface area contributed by atoms with Crippen molar-refractivity contribution in [1.82, 2.24) is 10.3 Å². The molecule has 0 unspecified atom stereocenters. The van der Waals surface area contributed by atoms with Gasteiger partial charge in [-0.3, -0.25) is 0 Å². The lowest BCUT2D eigenvalue weighted by molar-refractivity contribution is 0.0742. The summed E-state index contributed by atoms with van der Waals surface area (Å²) >= 11 is 6.16. The third-order valence-corrected chi connectivity index (χ3v) is 4.62. The third-order valence-electron chi connectivity index (χ3n) is 4.39. The summed E-state index contributed by atoms with van der Waals surface area (Å²) in [7, 11) is 3.49. The Morgan fingerprint density at radius 2 is 2.05 bits per heavy atom. The number of hydrogen-bond acceptors (Lipinski definition) is 3. The summed E-state index contributed by atoms with van der Waals surface area (Å²) in [6.07, 6.45) is 2.03. The Bertz CT molecular complexity index is 635. The predicted molar refractivity (Wildman–Crippen MR) is 89.6 cm³/mol. The zero-order chi connectivity index (χ0) is 15.5. The van der Waals surface area contributed by atoms with E-state index >= 15 is 0 Å². The summed E-state index contributed by atoms with van der Waals surface area (Å²) in [6, 6.07) is 6.38. The first-order valence-electron chi connectivity index (χ1n) is 7.74. The molecule has 1 aliphatic heterocycles. The average molecular weight is 323 g/mol. The van der Waals surface area contributed by atoms with Crippen LogP contribution in [0.15, 0.2) is 18.2 Å². The van der Waals surface area contributed by atoms with Gasteiger partial charge in [0.2, 0.25) is 0 Å². The molecule has 1 atom stereocenters. The van der Waals surface area contributed by atoms with Gasteiger partial charge in [-0.15, -0.1) is 0 Å². The number of halogens is 1. The summed E-state index contributed by atoms with van der Waals surface area (Å²) in [5, 5.41) is 5.67. The monoisotopic (exact) mass is 322 g/mol. The highest BCUT2D eigenvalue weighted by Crippen LogP contribution is 2.34. The molecule has 2 heterocycles. The number of benzene rings is 1. The van der Waals surface area contributed by atoms with Crippen molar-refractivity contribution in [2.75, 3.05) is 34.0 Å². The standard InChI is InChI=1S/C17H23ClN2O2/c1-21-9-11(10-22-2)7-16-17-13(5-6-19-16)14-8-12(18)3-4-15(14)20-17/h3-4,8,11,16,19-20H,5-7,9-10H2,1-2H3/t16-/m0/s1. The number of hydrogen-bond donors (Lipinski definition) is 2. The minimum atomic E-state index is 0.310. The van der Waals surface area contributed by atoms with E-state index in [2.05, 4.69) is 22.4 Å². The van der Waals surface area contributed by atoms with Crippen LogP contribution in [0.25, 0.3) is 10.9 Å². The largest absolute Gasteiger partial charge is 0.384 e. The van der Waals surface area contributed by atoms with Crippen LogP contribution in [0.1, 0.15) is 23.7 Å². The fraction of sp³-hybridized carbons (Fsp3) is 0.529. The van der Waals surface area contributed by atoms with Gasteiger partial charge in [0, 0.05) is 47.8 Å². The second-order valence-electron chi connectivity index (χ2n) is 5.98. The summed E-state index contributed by atoms with van der Waals surface area (Å²) in [5.74, 6) is 0.383. The fourth-order valence-electron chi connectivity index (χ4n) is 3.47. The Morgan fingerprint density at radius 3 is 2.77 bits per heavy atom. The first-order valence-corrected chi connectivity index (χ1v) is 8.12. The van der Waals surface area contributed by atoms with Crippen molar-refractivity contribution < 1.29 is 9.47 Å². The van der Waals surface area contributed by atoms with E-state index in [1.807, 2.05) is 6.07 Å². The van der Waals surface area contributed by atoms with Crippen LogP contribution in [0.2, 0.25) is 5.02 Å². The highest BCUT2D eigenvalue weighted by atomic mass is 35.5. The predicted octanol–water partition coefficient (Wildman–Crippen LogP) is 3.31. The van der Waals surface area contributed by atoms with Crippen LogP contribution < -0.4 is 5.32 Å². The van der Waals surface area contributed by atoms with Gasteiger partial charge >= 0.3 is 0 Å². The van der Waals surface area contributed by atoms with E-state index in [0.29, 0.717) is 25.2 Å². The molecular weight excluding hydrogens is 300 g/mol. The van der Waals surface area contributed by atoms with Gasteiger partial charge in [0.05, 0.1) is 13.2 Å². The maximum Gasteiger partial charge on any atom is 0.0513 e. The lowest BCUT2D eigenvalue weighted by Gasteiger charge is -2.27. The second kappa shape index (κ2) is 7.01. The van der Waals surface area contributed by atoms with Crippen molar-refractivity contribution in [3.63, 3.8) is 0 Å². The number of nitrogens with one attached hydrogen (secondary N) is 2. The first-order chi connectivity index (χ1) is 10.7. The van der Waals surface area contributed by atoms with Crippen LogP contribution >= 0.6 is 11.6 Å². The molecule has 2 N–H and O–H groups in total. The van der Waals surface area contributed by atoms with E-state index in [4.69, 9.17) is 21.1 Å². The molecule has 0 spiro atoms. The summed E-state index contributed by atoms with van der Waals surface area (Å²) in [6.45, 7) is 2.42. The van der Waals surface area contributed by atoms with E-state index < -0.39 is 0 Å². The van der Waals surface area contributed by atoms with Gasteiger partial charge in [-0.05, 0) is 43.1 Å². The molecular formula is C17H23ClN2O2. The van der Waals surface area contributed by atoms with Gasteiger partial charge in [0.1, 0.15) is 0 Å². The van der Waals surface area contributed by atoms with Gasteiger partial charge in [-0.1, -0.05) is 11.6 Å². The zero-order valence-corrected chi connectivity index (χ0v) is 13.9. The molecule has 1 aromatic heterocycles. The van der Waals surface area contributed by atoms with Crippen molar-refractivity contribution in [2.24, 2.45) is 5.92 Å². The van der Waals surface area contributed by atoms with Gasteiger partial charge < -0.3 is 19.8 Å². The zero-order valence-electron chi connectivity index (χ0n) is 13.1. The molecule has 0 amide bonds. The van der Waals surface area contributed by atoms with Crippen LogP contribution in [-0.2, 0) is 15.9 Å². The van der Waals surface area contributed by atoms with Gasteiger partial charge in [0.25, 0.3) is 0 Å². The molecule has 3 rings (SSSR count). The Morgan fingerprint density at radius 1 is 1.27 bits per heavy atom. The van der Waals surface area contributed by atoms with Crippen LogP contribution in [0.5, 0.6) is 0 Å². The van der Waals surface area contributed by atoms with Crippen LogP contribution in [0.3, 0.4) is 0 Å². The molecule has 0 saturated carbocycles. The van der Waals surface area contributed by atoms with Crippen LogP contribution in [-0.4, -0.2) is 39.0 Å². The molecule has 0 radical (unpaired) electrons. The summed E-state index contributed by atoms with van der Waals surface area (Å²) < 4.78 is 10.7. The van der Waals surface area contributed by atoms with Crippen molar-refractivity contribution in [2.45, 2.75) is 18.9 Å². The fourth-order valence-corrected chi connectivity index (χ4v) is 3.64. The number of fused-ring (bicyclic) bond motifs is 3. The summed E-state index contributed by atoms with van der Waals surface area (Å²) in [5.41, 5.74) is 3.86. The molecule has 0 aliphatic carbocycles. The molecule has 0 saturated heterocycles. The number of aromatic nitrogens is 1. The first kappa shape index (κ1) is 15.8. The van der Waals surface area contributed by atoms with Gasteiger partial charge in [0.15, 0.2) is 0 Å². The van der Waals surface area contributed by atoms with E-state index in [1.54, 1.807) is 14.2 Å². The molecule has 22 heavy (non-hydrogen) atoms. The maximum atomic E-state index is 6.16. The maximum absolute atomic E-state index is 6.16. The lowest BCUT2D eigenvalue weighted by Crippen LogP contribution is -2.32. The Hall–Kier alpha value is -1.07. The smallest absolute Gasteiger partial charge is 0.0513 e. The quantitative estimate of drug-likeness (QED) is 0.857. The van der Waals surface area contributed by atoms with E-state index in [9.17, 15) is 0 Å². The molecule has 0 fully saturated rings. The van der Waals surface area contributed by atoms with Crippen LogP contribution in [0, 0.1) is 5.92 Å². The minimum absolute atomic E-state index is 0.310. The van der Waals surface area contributed by atoms with Crippen molar-refractivity contribution in [3.8, 4) is 0 Å². The van der Waals surface area contributed by atoms with Crippen molar-refractivity contribution in [1.29, 1.82) is 0 Å². The molecule has 2 aromatic rings.